The lowest BCUT2D eigenvalue weighted by atomic mass is 10.0. The Labute approximate surface area is 201 Å². The second-order valence-corrected chi connectivity index (χ2v) is 11.0. The van der Waals surface area contributed by atoms with Crippen LogP contribution >= 0.6 is 0 Å². The predicted octanol–water partition coefficient (Wildman–Crippen LogP) is 4.22. The van der Waals surface area contributed by atoms with E-state index in [-0.39, 0.29) is 10.5 Å². The minimum atomic E-state index is -3.73. The fourth-order valence-electron chi connectivity index (χ4n) is 4.34. The molecule has 3 aromatic rings. The smallest absolute Gasteiger partial charge is 0.208 e. The zero-order valence-corrected chi connectivity index (χ0v) is 20.5. The zero-order valence-electron chi connectivity index (χ0n) is 19.7. The van der Waals surface area contributed by atoms with E-state index < -0.39 is 15.7 Å². The highest BCUT2D eigenvalue weighted by atomic mass is 32.2. The van der Waals surface area contributed by atoms with E-state index in [1.54, 1.807) is 30.3 Å². The number of hydrogen-bond donors (Lipinski definition) is 0. The summed E-state index contributed by atoms with van der Waals surface area (Å²) in [5, 5.41) is 9.04. The van der Waals surface area contributed by atoms with Gasteiger partial charge in [0.25, 0.3) is 0 Å². The first kappa shape index (κ1) is 23.9. The Morgan fingerprint density at radius 1 is 0.971 bits per heavy atom. The largest absolute Gasteiger partial charge is 0.377 e. The average molecular weight is 478 g/mol. The van der Waals surface area contributed by atoms with Crippen LogP contribution in [0.2, 0.25) is 0 Å². The summed E-state index contributed by atoms with van der Waals surface area (Å²) < 4.78 is 40.9. The number of rotatable bonds is 5. The maximum Gasteiger partial charge on any atom is 0.208 e. The van der Waals surface area contributed by atoms with E-state index >= 15 is 0 Å². The minimum Gasteiger partial charge on any atom is -0.377 e. The molecule has 0 aliphatic carbocycles. The van der Waals surface area contributed by atoms with Gasteiger partial charge >= 0.3 is 0 Å². The lowest BCUT2D eigenvalue weighted by Gasteiger charge is -2.21. The van der Waals surface area contributed by atoms with Gasteiger partial charge in [-0.3, -0.25) is 0 Å². The van der Waals surface area contributed by atoms with Crippen LogP contribution in [-0.2, 0) is 29.1 Å². The van der Waals surface area contributed by atoms with Crippen LogP contribution in [0, 0.1) is 17.1 Å². The number of nitriles is 1. The van der Waals surface area contributed by atoms with Gasteiger partial charge in [-0.05, 0) is 85.0 Å². The van der Waals surface area contributed by atoms with E-state index in [4.69, 9.17) is 5.26 Å². The zero-order chi connectivity index (χ0) is 24.5. The maximum absolute atomic E-state index is 13.7. The quantitative estimate of drug-likeness (QED) is 0.551. The summed E-state index contributed by atoms with van der Waals surface area (Å²) in [6, 6.07) is 17.0. The van der Waals surface area contributed by atoms with Crippen molar-refractivity contribution in [3.8, 4) is 6.07 Å². The molecule has 1 aliphatic rings. The predicted molar refractivity (Wildman–Crippen MR) is 131 cm³/mol. The van der Waals surface area contributed by atoms with Crippen LogP contribution in [-0.4, -0.2) is 47.6 Å². The molecule has 7 heteroatoms. The van der Waals surface area contributed by atoms with Crippen molar-refractivity contribution in [1.82, 2.24) is 4.90 Å². The number of sulfone groups is 1. The number of benzene rings is 3. The summed E-state index contributed by atoms with van der Waals surface area (Å²) in [6.45, 7) is 1.86. The lowest BCUT2D eigenvalue weighted by molar-refractivity contribution is 0.352. The molecule has 0 saturated carbocycles. The molecule has 0 N–H and O–H groups in total. The molecular formula is C27H28FN3O2S. The Kier molecular flexibility index (Phi) is 6.74. The van der Waals surface area contributed by atoms with Crippen LogP contribution in [0.25, 0.3) is 0 Å². The molecule has 4 rings (SSSR count). The van der Waals surface area contributed by atoms with Gasteiger partial charge in [0.1, 0.15) is 11.9 Å². The van der Waals surface area contributed by atoms with E-state index in [1.807, 2.05) is 37.2 Å². The normalized spacial score (nSPS) is 14.2. The molecule has 0 radical (unpaired) electrons. The summed E-state index contributed by atoms with van der Waals surface area (Å²) in [6.07, 6.45) is 2.20. The third-order valence-electron chi connectivity index (χ3n) is 6.37. The molecule has 5 nitrogen and oxygen atoms in total. The molecule has 1 heterocycles. The minimum absolute atomic E-state index is 0.00214. The molecule has 1 aliphatic heterocycles. The maximum atomic E-state index is 13.7. The van der Waals surface area contributed by atoms with Crippen molar-refractivity contribution in [2.24, 2.45) is 0 Å². The lowest BCUT2D eigenvalue weighted by Crippen LogP contribution is -2.20. The highest BCUT2D eigenvalue weighted by Crippen LogP contribution is 2.34. The monoisotopic (exact) mass is 477 g/mol. The topological polar surface area (TPSA) is 64.4 Å². The van der Waals surface area contributed by atoms with Gasteiger partial charge in [0.2, 0.25) is 9.84 Å². The van der Waals surface area contributed by atoms with Crippen molar-refractivity contribution in [2.75, 3.05) is 39.1 Å². The first-order valence-corrected chi connectivity index (χ1v) is 12.7. The number of fused-ring (bicyclic) bond motifs is 1. The molecule has 0 aromatic heterocycles. The fourth-order valence-corrected chi connectivity index (χ4v) is 5.90. The third kappa shape index (κ3) is 4.84. The molecule has 34 heavy (non-hydrogen) atoms. The summed E-state index contributed by atoms with van der Waals surface area (Å²) >= 11 is 0. The van der Waals surface area contributed by atoms with Crippen molar-refractivity contribution >= 4 is 15.5 Å². The van der Waals surface area contributed by atoms with E-state index in [9.17, 15) is 12.8 Å². The van der Waals surface area contributed by atoms with Gasteiger partial charge in [-0.15, -0.1) is 0 Å². The van der Waals surface area contributed by atoms with E-state index in [0.29, 0.717) is 17.0 Å². The van der Waals surface area contributed by atoms with Crippen molar-refractivity contribution in [3.63, 3.8) is 0 Å². The van der Waals surface area contributed by atoms with E-state index in [0.717, 1.165) is 42.6 Å². The van der Waals surface area contributed by atoms with Gasteiger partial charge in [0, 0.05) is 27.2 Å². The van der Waals surface area contributed by atoms with Gasteiger partial charge in [0.15, 0.2) is 0 Å². The molecule has 176 valence electrons. The van der Waals surface area contributed by atoms with Crippen LogP contribution in [0.3, 0.4) is 0 Å². The van der Waals surface area contributed by atoms with Crippen LogP contribution in [0.1, 0.15) is 27.8 Å². The molecule has 0 saturated heterocycles. The van der Waals surface area contributed by atoms with E-state index in [2.05, 4.69) is 11.9 Å². The Morgan fingerprint density at radius 3 is 2.21 bits per heavy atom. The van der Waals surface area contributed by atoms with Gasteiger partial charge in [0.05, 0.1) is 21.0 Å². The summed E-state index contributed by atoms with van der Waals surface area (Å²) in [5.41, 5.74) is 4.67. The Morgan fingerprint density at radius 2 is 1.59 bits per heavy atom. The van der Waals surface area contributed by atoms with Gasteiger partial charge < -0.3 is 9.80 Å². The number of anilines is 1. The van der Waals surface area contributed by atoms with Crippen molar-refractivity contribution in [2.45, 2.75) is 29.1 Å². The Hall–Kier alpha value is -3.21. The number of halogens is 1. The second kappa shape index (κ2) is 9.57. The van der Waals surface area contributed by atoms with Crippen molar-refractivity contribution in [1.29, 1.82) is 5.26 Å². The standard InChI is InChI=1S/C27H28FN3O2S/c1-30(2)26-16-21-10-12-31(3)13-11-22(21)17-27(26)34(32,33)24-7-4-19(5-8-24)14-20-6-9-25(28)23(15-20)18-29/h4-9,15-17H,10-14H2,1-3H3. The van der Waals surface area contributed by atoms with Crippen molar-refractivity contribution in [3.05, 3.63) is 88.2 Å². The number of likely N-dealkylation sites (N-methyl/N-ethyl adjacent to an activating group) is 1. The van der Waals surface area contributed by atoms with E-state index in [1.165, 1.54) is 17.7 Å². The Balaban J connectivity index is 1.66. The summed E-state index contributed by atoms with van der Waals surface area (Å²) in [5.74, 6) is -0.545. The molecule has 0 atom stereocenters. The van der Waals surface area contributed by atoms with Crippen LogP contribution < -0.4 is 4.90 Å². The highest BCUT2D eigenvalue weighted by Gasteiger charge is 2.25. The molecule has 0 bridgehead atoms. The average Bonchev–Trinajstić information content (AvgIpc) is 3.01. The summed E-state index contributed by atoms with van der Waals surface area (Å²) in [4.78, 5) is 4.69. The molecule has 3 aromatic carbocycles. The van der Waals surface area contributed by atoms with Gasteiger partial charge in [-0.1, -0.05) is 18.2 Å². The molecular weight excluding hydrogens is 449 g/mol. The number of hydrogen-bond acceptors (Lipinski definition) is 5. The van der Waals surface area contributed by atoms with Crippen molar-refractivity contribution < 1.29 is 12.8 Å². The first-order chi connectivity index (χ1) is 16.2. The van der Waals surface area contributed by atoms with Crippen LogP contribution in [0.4, 0.5) is 10.1 Å². The van der Waals surface area contributed by atoms with Gasteiger partial charge in [-0.25, -0.2) is 12.8 Å². The first-order valence-electron chi connectivity index (χ1n) is 11.2. The van der Waals surface area contributed by atoms with Crippen LogP contribution in [0.5, 0.6) is 0 Å². The molecule has 0 fully saturated rings. The Bertz CT molecular complexity index is 1360. The second-order valence-electron chi connectivity index (χ2n) is 9.04. The highest BCUT2D eigenvalue weighted by molar-refractivity contribution is 7.91. The summed E-state index contributed by atoms with van der Waals surface area (Å²) in [7, 11) is 2.09. The fraction of sp³-hybridized carbons (Fsp3) is 0.296. The number of nitrogens with zero attached hydrogens (tertiary/aromatic N) is 3. The molecule has 0 unspecified atom stereocenters. The third-order valence-corrected chi connectivity index (χ3v) is 8.17. The van der Waals surface area contributed by atoms with Gasteiger partial charge in [-0.2, -0.15) is 5.26 Å². The molecule has 0 amide bonds. The van der Waals surface area contributed by atoms with Crippen LogP contribution in [0.15, 0.2) is 64.4 Å². The molecule has 0 spiro atoms. The SMILES string of the molecule is CN1CCc2cc(N(C)C)c(S(=O)(=O)c3ccc(Cc4ccc(F)c(C#N)c4)cc3)cc2CC1.